The van der Waals surface area contributed by atoms with Crippen LogP contribution in [0.2, 0.25) is 0 Å². The van der Waals surface area contributed by atoms with Crippen LogP contribution in [0.3, 0.4) is 0 Å². The summed E-state index contributed by atoms with van der Waals surface area (Å²) in [5, 5.41) is 9.62. The number of amides is 1. The number of benzene rings is 1. The highest BCUT2D eigenvalue weighted by Crippen LogP contribution is 2.59. The third-order valence-electron chi connectivity index (χ3n) is 5.15. The zero-order chi connectivity index (χ0) is 17.4. The van der Waals surface area contributed by atoms with E-state index >= 15 is 0 Å². The Kier molecular flexibility index (Phi) is 4.23. The maximum atomic E-state index is 12.8. The van der Waals surface area contributed by atoms with Crippen LogP contribution in [-0.2, 0) is 11.3 Å². The van der Waals surface area contributed by atoms with E-state index in [0.717, 1.165) is 5.56 Å². The van der Waals surface area contributed by atoms with E-state index in [1.54, 1.807) is 0 Å². The summed E-state index contributed by atoms with van der Waals surface area (Å²) in [4.78, 5) is 13.6. The SMILES string of the molecule is O=C(OCc1ccccc1)N1CCC2(CC1)CC(O)(C(F)(F)F)C2. The van der Waals surface area contributed by atoms with E-state index in [1.165, 1.54) is 4.90 Å². The van der Waals surface area contributed by atoms with Crippen LogP contribution in [0.5, 0.6) is 0 Å². The Balaban J connectivity index is 1.47. The molecule has 4 nitrogen and oxygen atoms in total. The van der Waals surface area contributed by atoms with Crippen molar-refractivity contribution in [1.82, 2.24) is 4.90 Å². The van der Waals surface area contributed by atoms with E-state index in [1.807, 2.05) is 30.3 Å². The Bertz CT molecular complexity index is 587. The molecule has 1 aromatic rings. The molecule has 2 aliphatic rings. The zero-order valence-electron chi connectivity index (χ0n) is 13.2. The van der Waals surface area contributed by atoms with Crippen LogP contribution in [0.4, 0.5) is 18.0 Å². The number of nitrogens with zero attached hydrogens (tertiary/aromatic N) is 1. The van der Waals surface area contributed by atoms with Gasteiger partial charge in [0.05, 0.1) is 0 Å². The normalized spacial score (nSPS) is 22.1. The Morgan fingerprint density at radius 3 is 2.29 bits per heavy atom. The van der Waals surface area contributed by atoms with Crippen molar-refractivity contribution in [1.29, 1.82) is 0 Å². The van der Waals surface area contributed by atoms with Gasteiger partial charge < -0.3 is 14.7 Å². The molecule has 2 fully saturated rings. The average Bonchev–Trinajstić information content (AvgIpc) is 2.52. The Morgan fingerprint density at radius 2 is 1.75 bits per heavy atom. The number of carbonyl (C=O) groups excluding carboxylic acids is 1. The molecular formula is C17H20F3NO3. The number of likely N-dealkylation sites (tertiary alicyclic amines) is 1. The van der Waals surface area contributed by atoms with E-state index in [0.29, 0.717) is 25.9 Å². The third-order valence-corrected chi connectivity index (χ3v) is 5.15. The van der Waals surface area contributed by atoms with Crippen LogP contribution in [0, 0.1) is 5.41 Å². The van der Waals surface area contributed by atoms with Gasteiger partial charge in [-0.25, -0.2) is 4.79 Å². The molecule has 1 aliphatic carbocycles. The minimum Gasteiger partial charge on any atom is -0.445 e. The minimum absolute atomic E-state index is 0.176. The first kappa shape index (κ1) is 17.1. The van der Waals surface area contributed by atoms with E-state index in [2.05, 4.69) is 0 Å². The number of aliphatic hydroxyl groups is 1. The smallest absolute Gasteiger partial charge is 0.417 e. The molecule has 1 aromatic carbocycles. The van der Waals surface area contributed by atoms with Crippen LogP contribution >= 0.6 is 0 Å². The van der Waals surface area contributed by atoms with Crippen molar-refractivity contribution in [3.05, 3.63) is 35.9 Å². The lowest BCUT2D eigenvalue weighted by Gasteiger charge is -2.56. The zero-order valence-corrected chi connectivity index (χ0v) is 13.2. The second kappa shape index (κ2) is 5.95. The molecule has 1 aliphatic heterocycles. The second-order valence-electron chi connectivity index (χ2n) is 6.91. The Labute approximate surface area is 138 Å². The molecule has 1 saturated heterocycles. The number of carbonyl (C=O) groups is 1. The maximum absolute atomic E-state index is 12.8. The average molecular weight is 343 g/mol. The number of rotatable bonds is 2. The molecule has 0 unspecified atom stereocenters. The lowest BCUT2D eigenvalue weighted by atomic mass is 9.55. The van der Waals surface area contributed by atoms with Gasteiger partial charge in [-0.1, -0.05) is 30.3 Å². The quantitative estimate of drug-likeness (QED) is 0.894. The standard InChI is InChI=1S/C17H20F3NO3/c18-17(19,20)16(23)11-15(12-16)6-8-21(9-7-15)14(22)24-10-13-4-2-1-3-5-13/h1-5,23H,6-12H2. The summed E-state index contributed by atoms with van der Waals surface area (Å²) in [5.41, 5.74) is -2.17. The molecule has 0 radical (unpaired) electrons. The van der Waals surface area contributed by atoms with Crippen molar-refractivity contribution in [2.75, 3.05) is 13.1 Å². The molecule has 0 atom stereocenters. The monoisotopic (exact) mass is 343 g/mol. The largest absolute Gasteiger partial charge is 0.445 e. The predicted molar refractivity (Wildman–Crippen MR) is 80.1 cm³/mol. The second-order valence-corrected chi connectivity index (χ2v) is 6.91. The fourth-order valence-corrected chi connectivity index (χ4v) is 3.72. The van der Waals surface area contributed by atoms with Crippen molar-refractivity contribution in [2.45, 2.75) is 44.1 Å². The van der Waals surface area contributed by atoms with Gasteiger partial charge in [-0.2, -0.15) is 13.2 Å². The van der Waals surface area contributed by atoms with Crippen LogP contribution in [0.25, 0.3) is 0 Å². The fourth-order valence-electron chi connectivity index (χ4n) is 3.72. The van der Waals surface area contributed by atoms with Gasteiger partial charge in [-0.3, -0.25) is 0 Å². The van der Waals surface area contributed by atoms with Crippen LogP contribution < -0.4 is 0 Å². The summed E-state index contributed by atoms with van der Waals surface area (Å²) >= 11 is 0. The van der Waals surface area contributed by atoms with Gasteiger partial charge >= 0.3 is 12.3 Å². The predicted octanol–water partition coefficient (Wildman–Crippen LogP) is 3.49. The fraction of sp³-hybridized carbons (Fsp3) is 0.588. The number of piperidine rings is 1. The van der Waals surface area contributed by atoms with Crippen molar-refractivity contribution in [3.63, 3.8) is 0 Å². The maximum Gasteiger partial charge on any atom is 0.417 e. The molecule has 132 valence electrons. The van der Waals surface area contributed by atoms with Crippen molar-refractivity contribution in [2.24, 2.45) is 5.41 Å². The molecule has 1 heterocycles. The number of ether oxygens (including phenoxy) is 1. The van der Waals surface area contributed by atoms with Gasteiger partial charge in [0.1, 0.15) is 6.61 Å². The van der Waals surface area contributed by atoms with Gasteiger partial charge in [0.2, 0.25) is 0 Å². The lowest BCUT2D eigenvalue weighted by molar-refractivity contribution is -0.320. The molecule has 0 bridgehead atoms. The van der Waals surface area contributed by atoms with Crippen LogP contribution in [0.1, 0.15) is 31.2 Å². The molecule has 3 rings (SSSR count). The Hall–Kier alpha value is -1.76. The summed E-state index contributed by atoms with van der Waals surface area (Å²) in [5.74, 6) is 0. The van der Waals surface area contributed by atoms with E-state index in [4.69, 9.17) is 4.74 Å². The minimum atomic E-state index is -4.58. The number of hydrogen-bond acceptors (Lipinski definition) is 3. The first-order chi connectivity index (χ1) is 11.2. The Morgan fingerprint density at radius 1 is 1.17 bits per heavy atom. The molecule has 1 spiro atoms. The molecule has 7 heteroatoms. The molecular weight excluding hydrogens is 323 g/mol. The highest BCUT2D eigenvalue weighted by Gasteiger charge is 2.67. The van der Waals surface area contributed by atoms with Gasteiger partial charge in [-0.05, 0) is 36.7 Å². The highest BCUT2D eigenvalue weighted by atomic mass is 19.4. The van der Waals surface area contributed by atoms with Crippen molar-refractivity contribution < 1.29 is 27.8 Å². The van der Waals surface area contributed by atoms with E-state index in [9.17, 15) is 23.1 Å². The van der Waals surface area contributed by atoms with Crippen LogP contribution in [0.15, 0.2) is 30.3 Å². The van der Waals surface area contributed by atoms with Gasteiger partial charge in [-0.15, -0.1) is 0 Å². The molecule has 24 heavy (non-hydrogen) atoms. The summed E-state index contributed by atoms with van der Waals surface area (Å²) in [6, 6.07) is 9.28. The molecule has 1 N–H and O–H groups in total. The van der Waals surface area contributed by atoms with Crippen molar-refractivity contribution >= 4 is 6.09 Å². The summed E-state index contributed by atoms with van der Waals surface area (Å²) in [7, 11) is 0. The number of alkyl halides is 3. The number of halogens is 3. The van der Waals surface area contributed by atoms with Crippen molar-refractivity contribution in [3.8, 4) is 0 Å². The molecule has 1 saturated carbocycles. The van der Waals surface area contributed by atoms with Gasteiger partial charge in [0.25, 0.3) is 0 Å². The lowest BCUT2D eigenvalue weighted by Crippen LogP contribution is -2.63. The summed E-state index contributed by atoms with van der Waals surface area (Å²) in [6.45, 7) is 0.901. The molecule has 1 amide bonds. The van der Waals surface area contributed by atoms with Gasteiger partial charge in [0.15, 0.2) is 5.60 Å². The van der Waals surface area contributed by atoms with E-state index < -0.39 is 23.3 Å². The van der Waals surface area contributed by atoms with E-state index in [-0.39, 0.29) is 19.4 Å². The summed E-state index contributed by atoms with van der Waals surface area (Å²) in [6.07, 6.45) is -4.63. The summed E-state index contributed by atoms with van der Waals surface area (Å²) < 4.78 is 43.5. The third kappa shape index (κ3) is 3.22. The highest BCUT2D eigenvalue weighted by molar-refractivity contribution is 5.67. The molecule has 0 aromatic heterocycles. The first-order valence-electron chi connectivity index (χ1n) is 7.98. The van der Waals surface area contributed by atoms with Crippen LogP contribution in [-0.4, -0.2) is 41.0 Å². The van der Waals surface area contributed by atoms with Gasteiger partial charge in [0, 0.05) is 13.1 Å². The number of hydrogen-bond donors (Lipinski definition) is 1. The first-order valence-corrected chi connectivity index (χ1v) is 7.98. The topological polar surface area (TPSA) is 49.8 Å².